The first-order chi connectivity index (χ1) is 13.2. The summed E-state index contributed by atoms with van der Waals surface area (Å²) in [6, 6.07) is 11.0. The molecule has 0 aromatic heterocycles. The molecule has 1 spiro atoms. The van der Waals surface area contributed by atoms with Gasteiger partial charge in [-0.3, -0.25) is 0 Å². The Labute approximate surface area is 164 Å². The molecule has 0 bridgehead atoms. The van der Waals surface area contributed by atoms with Crippen molar-refractivity contribution in [3.63, 3.8) is 0 Å². The molecule has 0 atom stereocenters. The van der Waals surface area contributed by atoms with E-state index in [1.54, 1.807) is 0 Å². The van der Waals surface area contributed by atoms with Gasteiger partial charge in [0.15, 0.2) is 0 Å². The van der Waals surface area contributed by atoms with E-state index in [0.29, 0.717) is 18.6 Å². The summed E-state index contributed by atoms with van der Waals surface area (Å²) in [6.07, 6.45) is 9.49. The molecule has 2 aliphatic rings. The number of nitrogens with zero attached hydrogens (tertiary/aromatic N) is 1. The van der Waals surface area contributed by atoms with Crippen LogP contribution in [0.1, 0.15) is 69.8 Å². The molecule has 0 radical (unpaired) electrons. The molecule has 1 N–H and O–H groups in total. The van der Waals surface area contributed by atoms with Gasteiger partial charge < -0.3 is 15.0 Å². The third-order valence-electron chi connectivity index (χ3n) is 6.49. The molecule has 1 aliphatic heterocycles. The summed E-state index contributed by atoms with van der Waals surface area (Å²) in [5, 5.41) is 2.80. The topological polar surface area (TPSA) is 41.6 Å². The molecule has 1 amide bonds. The summed E-state index contributed by atoms with van der Waals surface area (Å²) in [4.78, 5) is 14.1. The van der Waals surface area contributed by atoms with Crippen LogP contribution in [0.5, 0.6) is 0 Å². The van der Waals surface area contributed by atoms with Gasteiger partial charge in [-0.2, -0.15) is 0 Å². The van der Waals surface area contributed by atoms with Gasteiger partial charge in [0.2, 0.25) is 0 Å². The van der Waals surface area contributed by atoms with E-state index in [0.717, 1.165) is 31.7 Å². The molecular formula is C23H36N2O2. The Morgan fingerprint density at radius 1 is 1.19 bits per heavy atom. The first-order valence-corrected chi connectivity index (χ1v) is 10.9. The van der Waals surface area contributed by atoms with Crippen molar-refractivity contribution in [2.45, 2.75) is 64.2 Å². The summed E-state index contributed by atoms with van der Waals surface area (Å²) in [7, 11) is 0. The molecule has 27 heavy (non-hydrogen) atoms. The Kier molecular flexibility index (Phi) is 7.57. The van der Waals surface area contributed by atoms with E-state index in [9.17, 15) is 4.79 Å². The maximum absolute atomic E-state index is 11.6. The van der Waals surface area contributed by atoms with Gasteiger partial charge >= 0.3 is 6.09 Å². The summed E-state index contributed by atoms with van der Waals surface area (Å²) in [5.74, 6) is 0.755. The molecule has 1 aliphatic carbocycles. The zero-order valence-electron chi connectivity index (χ0n) is 16.9. The molecule has 4 heteroatoms. The van der Waals surface area contributed by atoms with E-state index in [-0.39, 0.29) is 6.09 Å². The predicted molar refractivity (Wildman–Crippen MR) is 110 cm³/mol. The second kappa shape index (κ2) is 10.1. The largest absolute Gasteiger partial charge is 0.450 e. The molecule has 2 fully saturated rings. The second-order valence-corrected chi connectivity index (χ2v) is 8.48. The number of likely N-dealkylation sites (tertiary alicyclic amines) is 1. The lowest BCUT2D eigenvalue weighted by Crippen LogP contribution is -2.32. The van der Waals surface area contributed by atoms with Crippen molar-refractivity contribution in [1.82, 2.24) is 10.2 Å². The maximum Gasteiger partial charge on any atom is 0.407 e. The van der Waals surface area contributed by atoms with Crippen molar-refractivity contribution in [2.75, 3.05) is 32.8 Å². The van der Waals surface area contributed by atoms with Gasteiger partial charge in [-0.1, -0.05) is 43.7 Å². The highest BCUT2D eigenvalue weighted by Gasteiger charge is 2.40. The van der Waals surface area contributed by atoms with Crippen LogP contribution in [0, 0.1) is 5.41 Å². The van der Waals surface area contributed by atoms with Crippen molar-refractivity contribution >= 4 is 6.09 Å². The highest BCUT2D eigenvalue weighted by molar-refractivity contribution is 5.66. The zero-order chi connectivity index (χ0) is 19.0. The molecule has 1 saturated carbocycles. The smallest absolute Gasteiger partial charge is 0.407 e. The SMILES string of the molecule is CCCCNC(=O)OCCCN1CCC2(CCC(c3ccccc3)CC2)C1. The quantitative estimate of drug-likeness (QED) is 0.656. The van der Waals surface area contributed by atoms with Gasteiger partial charge in [0.25, 0.3) is 0 Å². The number of nitrogens with one attached hydrogen (secondary N) is 1. The third kappa shape index (κ3) is 5.97. The van der Waals surface area contributed by atoms with Crippen LogP contribution in [-0.4, -0.2) is 43.8 Å². The minimum absolute atomic E-state index is 0.263. The number of unbranched alkanes of at least 4 members (excludes halogenated alkanes) is 1. The van der Waals surface area contributed by atoms with E-state index in [4.69, 9.17) is 4.74 Å². The molecule has 1 aromatic carbocycles. The number of carbonyl (C=O) groups excluding carboxylic acids is 1. The zero-order valence-corrected chi connectivity index (χ0v) is 16.9. The number of benzene rings is 1. The van der Waals surface area contributed by atoms with Crippen LogP contribution >= 0.6 is 0 Å². The van der Waals surface area contributed by atoms with Gasteiger partial charge in [0.1, 0.15) is 0 Å². The number of rotatable bonds is 8. The molecule has 1 saturated heterocycles. The predicted octanol–water partition coefficient (Wildman–Crippen LogP) is 4.95. The van der Waals surface area contributed by atoms with Crippen LogP contribution in [0.2, 0.25) is 0 Å². The number of hydrogen-bond acceptors (Lipinski definition) is 3. The molecule has 4 nitrogen and oxygen atoms in total. The van der Waals surface area contributed by atoms with Gasteiger partial charge in [-0.05, 0) is 68.4 Å². The van der Waals surface area contributed by atoms with E-state index in [1.165, 1.54) is 50.8 Å². The number of alkyl carbamates (subject to hydrolysis) is 1. The van der Waals surface area contributed by atoms with Crippen LogP contribution < -0.4 is 5.32 Å². The Bertz CT molecular complexity index is 567. The third-order valence-corrected chi connectivity index (χ3v) is 6.49. The van der Waals surface area contributed by atoms with Crippen molar-refractivity contribution in [3.05, 3.63) is 35.9 Å². The fourth-order valence-corrected chi connectivity index (χ4v) is 4.79. The fraction of sp³-hybridized carbons (Fsp3) is 0.696. The minimum Gasteiger partial charge on any atom is -0.450 e. The van der Waals surface area contributed by atoms with Crippen molar-refractivity contribution in [1.29, 1.82) is 0 Å². The number of ether oxygens (including phenoxy) is 1. The Morgan fingerprint density at radius 2 is 1.96 bits per heavy atom. The number of amides is 1. The molecule has 1 heterocycles. The van der Waals surface area contributed by atoms with Crippen LogP contribution in [-0.2, 0) is 4.74 Å². The fourth-order valence-electron chi connectivity index (χ4n) is 4.79. The van der Waals surface area contributed by atoms with Gasteiger partial charge in [0.05, 0.1) is 6.61 Å². The average Bonchev–Trinajstić information content (AvgIpc) is 3.09. The van der Waals surface area contributed by atoms with Crippen LogP contribution in [0.25, 0.3) is 0 Å². The maximum atomic E-state index is 11.6. The standard InChI is InChI=1S/C23H36N2O2/c1-2-3-15-24-22(26)27-18-7-16-25-17-14-23(19-25)12-10-21(11-13-23)20-8-5-4-6-9-20/h4-6,8-9,21H,2-3,7,10-19H2,1H3,(H,24,26). The van der Waals surface area contributed by atoms with E-state index >= 15 is 0 Å². The van der Waals surface area contributed by atoms with Gasteiger partial charge in [-0.25, -0.2) is 4.79 Å². The highest BCUT2D eigenvalue weighted by Crippen LogP contribution is 2.48. The van der Waals surface area contributed by atoms with Crippen molar-refractivity contribution in [2.24, 2.45) is 5.41 Å². The number of carbonyl (C=O) groups is 1. The summed E-state index contributed by atoms with van der Waals surface area (Å²) in [6.45, 7) is 6.84. The minimum atomic E-state index is -0.263. The monoisotopic (exact) mass is 372 g/mol. The lowest BCUT2D eigenvalue weighted by atomic mass is 9.68. The lowest BCUT2D eigenvalue weighted by molar-refractivity contribution is 0.135. The van der Waals surface area contributed by atoms with E-state index in [1.807, 2.05) is 0 Å². The molecule has 0 unspecified atom stereocenters. The Morgan fingerprint density at radius 3 is 2.70 bits per heavy atom. The van der Waals surface area contributed by atoms with Crippen LogP contribution in [0.15, 0.2) is 30.3 Å². The van der Waals surface area contributed by atoms with Crippen molar-refractivity contribution < 1.29 is 9.53 Å². The molecule has 150 valence electrons. The summed E-state index contributed by atoms with van der Waals surface area (Å²) < 4.78 is 5.27. The summed E-state index contributed by atoms with van der Waals surface area (Å²) in [5.41, 5.74) is 2.07. The van der Waals surface area contributed by atoms with Gasteiger partial charge in [0, 0.05) is 19.6 Å². The molecule has 3 rings (SSSR count). The average molecular weight is 373 g/mol. The van der Waals surface area contributed by atoms with Crippen LogP contribution in [0.3, 0.4) is 0 Å². The van der Waals surface area contributed by atoms with Crippen molar-refractivity contribution in [3.8, 4) is 0 Å². The Balaban J connectivity index is 1.32. The van der Waals surface area contributed by atoms with E-state index in [2.05, 4.69) is 47.5 Å². The number of hydrogen-bond donors (Lipinski definition) is 1. The highest BCUT2D eigenvalue weighted by atomic mass is 16.5. The summed E-state index contributed by atoms with van der Waals surface area (Å²) >= 11 is 0. The first kappa shape index (κ1) is 20.2. The van der Waals surface area contributed by atoms with E-state index < -0.39 is 0 Å². The first-order valence-electron chi connectivity index (χ1n) is 10.9. The second-order valence-electron chi connectivity index (χ2n) is 8.48. The van der Waals surface area contributed by atoms with Gasteiger partial charge in [-0.15, -0.1) is 0 Å². The Hall–Kier alpha value is -1.55. The normalized spacial score (nSPS) is 25.6. The lowest BCUT2D eigenvalue weighted by Gasteiger charge is -2.37. The van der Waals surface area contributed by atoms with Crippen LogP contribution in [0.4, 0.5) is 4.79 Å². The molecular weight excluding hydrogens is 336 g/mol. The molecule has 1 aromatic rings.